The van der Waals surface area contributed by atoms with Gasteiger partial charge >= 0.3 is 0 Å². The number of nitrogens with zero attached hydrogens (tertiary/aromatic N) is 2. The van der Waals surface area contributed by atoms with Crippen molar-refractivity contribution in [1.82, 2.24) is 15.5 Å². The predicted molar refractivity (Wildman–Crippen MR) is 76.0 cm³/mol. The first kappa shape index (κ1) is 13.7. The average molecular weight is 259 g/mol. The summed E-state index contributed by atoms with van der Waals surface area (Å²) in [7, 11) is 0. The molecule has 2 atom stereocenters. The number of aryl methyl sites for hydroxylation is 1. The van der Waals surface area contributed by atoms with Crippen molar-refractivity contribution in [1.29, 1.82) is 0 Å². The number of benzene rings is 1. The van der Waals surface area contributed by atoms with Gasteiger partial charge in [0.1, 0.15) is 0 Å². The Morgan fingerprint density at radius 2 is 2.11 bits per heavy atom. The van der Waals surface area contributed by atoms with Crippen LogP contribution in [-0.4, -0.2) is 22.7 Å². The second-order valence-corrected chi connectivity index (χ2v) is 4.96. The van der Waals surface area contributed by atoms with Gasteiger partial charge in [-0.1, -0.05) is 42.8 Å². The maximum absolute atomic E-state index is 5.39. The van der Waals surface area contributed by atoms with E-state index in [9.17, 15) is 0 Å². The Morgan fingerprint density at radius 3 is 2.79 bits per heavy atom. The molecule has 0 fully saturated rings. The lowest BCUT2D eigenvalue weighted by atomic mass is 10.0. The number of hydrogen-bond acceptors (Lipinski definition) is 4. The quantitative estimate of drug-likeness (QED) is 0.896. The van der Waals surface area contributed by atoms with E-state index in [2.05, 4.69) is 55.3 Å². The second kappa shape index (κ2) is 5.97. The van der Waals surface area contributed by atoms with Gasteiger partial charge in [0.2, 0.25) is 11.7 Å². The molecule has 0 aliphatic heterocycles. The van der Waals surface area contributed by atoms with Crippen molar-refractivity contribution in [2.75, 3.05) is 6.54 Å². The number of likely N-dealkylation sites (N-methyl/N-ethyl adjacent to an activating group) is 1. The van der Waals surface area contributed by atoms with Gasteiger partial charge in [0, 0.05) is 11.6 Å². The highest BCUT2D eigenvalue weighted by Crippen LogP contribution is 2.22. The molecule has 0 amide bonds. The third kappa shape index (κ3) is 3.20. The third-order valence-corrected chi connectivity index (χ3v) is 3.38. The van der Waals surface area contributed by atoms with Gasteiger partial charge in [-0.3, -0.25) is 0 Å². The third-order valence-electron chi connectivity index (χ3n) is 3.38. The molecule has 1 N–H and O–H groups in total. The maximum Gasteiger partial charge on any atom is 0.231 e. The SMILES string of the molecule is CCNC(C)C(C)c1nc(-c2cccc(C)c2)no1. The number of hydrogen-bond donors (Lipinski definition) is 1. The standard InChI is InChI=1S/C15H21N3O/c1-5-16-12(4)11(3)15-17-14(18-19-15)13-8-6-7-10(2)9-13/h6-9,11-12,16H,5H2,1-4H3. The molecule has 2 unspecified atom stereocenters. The molecule has 1 heterocycles. The molecule has 0 saturated carbocycles. The molecule has 0 radical (unpaired) electrons. The van der Waals surface area contributed by atoms with Gasteiger partial charge in [0.05, 0.1) is 5.92 Å². The molecular formula is C15H21N3O. The Bertz CT molecular complexity index is 536. The van der Waals surface area contributed by atoms with E-state index in [1.54, 1.807) is 0 Å². The van der Waals surface area contributed by atoms with Gasteiger partial charge in [0.15, 0.2) is 0 Å². The summed E-state index contributed by atoms with van der Waals surface area (Å²) in [5, 5.41) is 7.45. The van der Waals surface area contributed by atoms with Crippen molar-refractivity contribution in [2.45, 2.75) is 39.7 Å². The summed E-state index contributed by atoms with van der Waals surface area (Å²) in [6.07, 6.45) is 0. The Balaban J connectivity index is 2.19. The Morgan fingerprint density at radius 1 is 1.32 bits per heavy atom. The van der Waals surface area contributed by atoms with Crippen LogP contribution in [0.2, 0.25) is 0 Å². The summed E-state index contributed by atoms with van der Waals surface area (Å²) in [5.41, 5.74) is 2.19. The number of nitrogens with one attached hydrogen (secondary N) is 1. The highest BCUT2D eigenvalue weighted by molar-refractivity contribution is 5.55. The lowest BCUT2D eigenvalue weighted by Crippen LogP contribution is -2.30. The summed E-state index contributed by atoms with van der Waals surface area (Å²) >= 11 is 0. The van der Waals surface area contributed by atoms with E-state index in [0.29, 0.717) is 17.8 Å². The van der Waals surface area contributed by atoms with Crippen molar-refractivity contribution in [3.8, 4) is 11.4 Å². The zero-order chi connectivity index (χ0) is 13.8. The molecule has 19 heavy (non-hydrogen) atoms. The predicted octanol–water partition coefficient (Wildman–Crippen LogP) is 3.15. The van der Waals surface area contributed by atoms with E-state index >= 15 is 0 Å². The minimum absolute atomic E-state index is 0.200. The smallest absolute Gasteiger partial charge is 0.231 e. The summed E-state index contributed by atoms with van der Waals surface area (Å²) in [6.45, 7) is 9.31. The van der Waals surface area contributed by atoms with Gasteiger partial charge in [-0.15, -0.1) is 0 Å². The molecule has 1 aromatic carbocycles. The van der Waals surface area contributed by atoms with Crippen LogP contribution in [0.3, 0.4) is 0 Å². The van der Waals surface area contributed by atoms with Crippen LogP contribution in [0, 0.1) is 6.92 Å². The van der Waals surface area contributed by atoms with Crippen molar-refractivity contribution < 1.29 is 4.52 Å². The molecule has 0 bridgehead atoms. The average Bonchev–Trinajstić information content (AvgIpc) is 2.87. The van der Waals surface area contributed by atoms with E-state index in [0.717, 1.165) is 12.1 Å². The molecule has 0 saturated heterocycles. The fourth-order valence-corrected chi connectivity index (χ4v) is 2.03. The second-order valence-electron chi connectivity index (χ2n) is 4.96. The molecule has 4 nitrogen and oxygen atoms in total. The fraction of sp³-hybridized carbons (Fsp3) is 0.467. The minimum Gasteiger partial charge on any atom is -0.339 e. The van der Waals surface area contributed by atoms with Gasteiger partial charge in [-0.2, -0.15) is 4.98 Å². The summed E-state index contributed by atoms with van der Waals surface area (Å²) in [5.74, 6) is 1.55. The van der Waals surface area contributed by atoms with Crippen LogP contribution in [0.5, 0.6) is 0 Å². The zero-order valence-electron chi connectivity index (χ0n) is 12.0. The molecule has 0 aliphatic carbocycles. The largest absolute Gasteiger partial charge is 0.339 e. The topological polar surface area (TPSA) is 51.0 Å². The molecule has 102 valence electrons. The monoisotopic (exact) mass is 259 g/mol. The van der Waals surface area contributed by atoms with E-state index < -0.39 is 0 Å². The maximum atomic E-state index is 5.39. The van der Waals surface area contributed by atoms with Crippen LogP contribution in [0.4, 0.5) is 0 Å². The van der Waals surface area contributed by atoms with Gasteiger partial charge in [-0.05, 0) is 26.5 Å². The van der Waals surface area contributed by atoms with E-state index in [-0.39, 0.29) is 5.92 Å². The Hall–Kier alpha value is -1.68. The van der Waals surface area contributed by atoms with Crippen LogP contribution in [0.25, 0.3) is 11.4 Å². The molecule has 2 rings (SSSR count). The van der Waals surface area contributed by atoms with Crippen LogP contribution in [0.1, 0.15) is 38.1 Å². The number of rotatable bonds is 5. The molecule has 4 heteroatoms. The van der Waals surface area contributed by atoms with Crippen LogP contribution >= 0.6 is 0 Å². The molecule has 2 aromatic rings. The van der Waals surface area contributed by atoms with Crippen molar-refractivity contribution >= 4 is 0 Å². The zero-order valence-corrected chi connectivity index (χ0v) is 12.0. The van der Waals surface area contributed by atoms with Gasteiger partial charge in [0.25, 0.3) is 0 Å². The number of aromatic nitrogens is 2. The van der Waals surface area contributed by atoms with Crippen LogP contribution in [0.15, 0.2) is 28.8 Å². The lowest BCUT2D eigenvalue weighted by Gasteiger charge is -2.16. The normalized spacial score (nSPS) is 14.3. The molecule has 0 spiro atoms. The van der Waals surface area contributed by atoms with Gasteiger partial charge in [-0.25, -0.2) is 0 Å². The molecule has 1 aromatic heterocycles. The van der Waals surface area contributed by atoms with Crippen molar-refractivity contribution in [3.63, 3.8) is 0 Å². The van der Waals surface area contributed by atoms with Crippen LogP contribution in [-0.2, 0) is 0 Å². The first-order valence-electron chi connectivity index (χ1n) is 6.75. The molecule has 0 aliphatic rings. The lowest BCUT2D eigenvalue weighted by molar-refractivity contribution is 0.332. The van der Waals surface area contributed by atoms with Crippen molar-refractivity contribution in [3.05, 3.63) is 35.7 Å². The Labute approximate surface area is 114 Å². The highest BCUT2D eigenvalue weighted by atomic mass is 16.5. The summed E-state index contributed by atoms with van der Waals surface area (Å²) in [6, 6.07) is 8.44. The highest BCUT2D eigenvalue weighted by Gasteiger charge is 2.20. The van der Waals surface area contributed by atoms with Crippen molar-refractivity contribution in [2.24, 2.45) is 0 Å². The Kier molecular flexibility index (Phi) is 4.32. The van der Waals surface area contributed by atoms with E-state index in [4.69, 9.17) is 4.52 Å². The van der Waals surface area contributed by atoms with Crippen LogP contribution < -0.4 is 5.32 Å². The molecular weight excluding hydrogens is 238 g/mol. The first-order valence-corrected chi connectivity index (χ1v) is 6.75. The summed E-state index contributed by atoms with van der Waals surface area (Å²) in [4.78, 5) is 4.51. The summed E-state index contributed by atoms with van der Waals surface area (Å²) < 4.78 is 5.39. The van der Waals surface area contributed by atoms with E-state index in [1.807, 2.05) is 12.1 Å². The van der Waals surface area contributed by atoms with Gasteiger partial charge < -0.3 is 9.84 Å². The van der Waals surface area contributed by atoms with E-state index in [1.165, 1.54) is 5.56 Å². The minimum atomic E-state index is 0.200. The first-order chi connectivity index (χ1) is 9.11. The fourth-order valence-electron chi connectivity index (χ4n) is 2.03.